The molecule has 1 aliphatic rings. The second kappa shape index (κ2) is 7.63. The van der Waals surface area contributed by atoms with Crippen LogP contribution < -0.4 is 0 Å². The standard InChI is InChI=1S/C19H28O2/c1-14(2)13-16-9-11-17(12-10-16)15(3)19(20)21-18-7-5-4-6-8-18/h9-12,14-15,18H,4-8,13H2,1-3H3/t15-/m1/s1. The Morgan fingerprint density at radius 1 is 1.10 bits per heavy atom. The number of hydrogen-bond donors (Lipinski definition) is 0. The monoisotopic (exact) mass is 288 g/mol. The average molecular weight is 288 g/mol. The minimum atomic E-state index is -0.167. The molecule has 1 aromatic carbocycles. The molecule has 116 valence electrons. The molecule has 2 heteroatoms. The summed E-state index contributed by atoms with van der Waals surface area (Å²) in [5.41, 5.74) is 2.39. The van der Waals surface area contributed by atoms with E-state index in [0.717, 1.165) is 24.8 Å². The lowest BCUT2D eigenvalue weighted by atomic mass is 9.96. The smallest absolute Gasteiger partial charge is 0.313 e. The zero-order valence-corrected chi connectivity index (χ0v) is 13.6. The molecule has 0 spiro atoms. The molecule has 0 N–H and O–H groups in total. The summed E-state index contributed by atoms with van der Waals surface area (Å²) in [6.07, 6.45) is 6.96. The van der Waals surface area contributed by atoms with Gasteiger partial charge in [-0.1, -0.05) is 44.5 Å². The molecule has 2 nitrogen and oxygen atoms in total. The third-order valence-corrected chi connectivity index (χ3v) is 4.31. The zero-order valence-electron chi connectivity index (χ0n) is 13.6. The maximum atomic E-state index is 12.3. The molecule has 2 rings (SSSR count). The quantitative estimate of drug-likeness (QED) is 0.723. The molecule has 0 saturated heterocycles. The van der Waals surface area contributed by atoms with Crippen molar-refractivity contribution < 1.29 is 9.53 Å². The van der Waals surface area contributed by atoms with Crippen LogP contribution in [0.5, 0.6) is 0 Å². The fourth-order valence-electron chi connectivity index (χ4n) is 3.00. The van der Waals surface area contributed by atoms with Crippen molar-refractivity contribution in [2.45, 2.75) is 71.3 Å². The zero-order chi connectivity index (χ0) is 15.2. The summed E-state index contributed by atoms with van der Waals surface area (Å²) in [7, 11) is 0. The second-order valence-corrected chi connectivity index (χ2v) is 6.76. The van der Waals surface area contributed by atoms with Crippen LogP contribution in [0.3, 0.4) is 0 Å². The topological polar surface area (TPSA) is 26.3 Å². The van der Waals surface area contributed by atoms with Gasteiger partial charge in [0.05, 0.1) is 5.92 Å². The molecule has 0 aromatic heterocycles. The average Bonchev–Trinajstić information content (AvgIpc) is 2.47. The molecule has 1 aliphatic carbocycles. The highest BCUT2D eigenvalue weighted by Crippen LogP contribution is 2.24. The third-order valence-electron chi connectivity index (χ3n) is 4.31. The minimum Gasteiger partial charge on any atom is -0.462 e. The Labute approximate surface area is 128 Å². The molecule has 0 heterocycles. The first-order valence-electron chi connectivity index (χ1n) is 8.35. The lowest BCUT2D eigenvalue weighted by Crippen LogP contribution is -2.23. The molecule has 0 amide bonds. The van der Waals surface area contributed by atoms with E-state index in [9.17, 15) is 4.79 Å². The van der Waals surface area contributed by atoms with Crippen LogP contribution in [0, 0.1) is 5.92 Å². The van der Waals surface area contributed by atoms with Crippen molar-refractivity contribution in [3.05, 3.63) is 35.4 Å². The number of hydrogen-bond acceptors (Lipinski definition) is 2. The summed E-state index contributed by atoms with van der Waals surface area (Å²) in [5, 5.41) is 0. The first-order valence-corrected chi connectivity index (χ1v) is 8.35. The van der Waals surface area contributed by atoms with Gasteiger partial charge in [-0.25, -0.2) is 0 Å². The van der Waals surface area contributed by atoms with E-state index in [1.165, 1.54) is 24.8 Å². The minimum absolute atomic E-state index is 0.0708. The largest absolute Gasteiger partial charge is 0.462 e. The Balaban J connectivity index is 1.91. The van der Waals surface area contributed by atoms with Gasteiger partial charge in [0.15, 0.2) is 0 Å². The third kappa shape index (κ3) is 4.87. The van der Waals surface area contributed by atoms with Gasteiger partial charge in [-0.3, -0.25) is 4.79 Å². The van der Waals surface area contributed by atoms with Gasteiger partial charge in [-0.15, -0.1) is 0 Å². The van der Waals surface area contributed by atoms with Crippen molar-refractivity contribution >= 4 is 5.97 Å². The maximum absolute atomic E-state index is 12.3. The van der Waals surface area contributed by atoms with E-state index in [-0.39, 0.29) is 18.0 Å². The Hall–Kier alpha value is -1.31. The van der Waals surface area contributed by atoms with Crippen LogP contribution in [0.2, 0.25) is 0 Å². The van der Waals surface area contributed by atoms with Crippen LogP contribution in [-0.4, -0.2) is 12.1 Å². The molecular formula is C19H28O2. The molecule has 1 atom stereocenters. The summed E-state index contributed by atoms with van der Waals surface area (Å²) in [5.74, 6) is 0.420. The molecule has 1 aromatic rings. The number of carbonyl (C=O) groups is 1. The predicted octanol–water partition coefficient (Wildman–Crippen LogP) is 4.86. The van der Waals surface area contributed by atoms with Crippen LogP contribution in [0.25, 0.3) is 0 Å². The Morgan fingerprint density at radius 3 is 2.29 bits per heavy atom. The highest BCUT2D eigenvalue weighted by Gasteiger charge is 2.22. The van der Waals surface area contributed by atoms with Gasteiger partial charge in [0.1, 0.15) is 6.10 Å². The number of ether oxygens (including phenoxy) is 1. The van der Waals surface area contributed by atoms with Gasteiger partial charge >= 0.3 is 5.97 Å². The van der Waals surface area contributed by atoms with E-state index in [2.05, 4.69) is 38.1 Å². The van der Waals surface area contributed by atoms with Crippen LogP contribution in [0.4, 0.5) is 0 Å². The molecular weight excluding hydrogens is 260 g/mol. The van der Waals surface area contributed by atoms with E-state index in [1.807, 2.05) is 6.92 Å². The van der Waals surface area contributed by atoms with E-state index in [1.54, 1.807) is 0 Å². The van der Waals surface area contributed by atoms with Gasteiger partial charge < -0.3 is 4.74 Å². The number of rotatable bonds is 5. The summed E-state index contributed by atoms with van der Waals surface area (Å²) in [4.78, 5) is 12.3. The molecule has 1 saturated carbocycles. The highest BCUT2D eigenvalue weighted by atomic mass is 16.5. The summed E-state index contributed by atoms with van der Waals surface area (Å²) >= 11 is 0. The van der Waals surface area contributed by atoms with Crippen LogP contribution in [-0.2, 0) is 16.0 Å². The molecule has 0 bridgehead atoms. The van der Waals surface area contributed by atoms with Crippen LogP contribution in [0.15, 0.2) is 24.3 Å². The molecule has 21 heavy (non-hydrogen) atoms. The van der Waals surface area contributed by atoms with Crippen molar-refractivity contribution in [3.63, 3.8) is 0 Å². The summed E-state index contributed by atoms with van der Waals surface area (Å²) in [6, 6.07) is 8.43. The molecule has 1 fully saturated rings. The van der Waals surface area contributed by atoms with Gasteiger partial charge in [0, 0.05) is 0 Å². The van der Waals surface area contributed by atoms with E-state index >= 15 is 0 Å². The molecule has 0 unspecified atom stereocenters. The van der Waals surface area contributed by atoms with E-state index < -0.39 is 0 Å². The van der Waals surface area contributed by atoms with Gasteiger partial charge in [0.2, 0.25) is 0 Å². The Bertz CT molecular complexity index is 441. The van der Waals surface area contributed by atoms with Crippen molar-refractivity contribution in [2.75, 3.05) is 0 Å². The molecule has 0 aliphatic heterocycles. The fraction of sp³-hybridized carbons (Fsp3) is 0.632. The van der Waals surface area contributed by atoms with Gasteiger partial charge in [0.25, 0.3) is 0 Å². The normalized spacial score (nSPS) is 17.7. The van der Waals surface area contributed by atoms with Crippen LogP contribution in [0.1, 0.15) is 69.9 Å². The molecule has 0 radical (unpaired) electrons. The number of esters is 1. The van der Waals surface area contributed by atoms with Crippen molar-refractivity contribution in [3.8, 4) is 0 Å². The second-order valence-electron chi connectivity index (χ2n) is 6.76. The fourth-order valence-corrected chi connectivity index (χ4v) is 3.00. The first-order chi connectivity index (χ1) is 10.1. The van der Waals surface area contributed by atoms with Crippen molar-refractivity contribution in [1.82, 2.24) is 0 Å². The van der Waals surface area contributed by atoms with Gasteiger partial charge in [-0.2, -0.15) is 0 Å². The van der Waals surface area contributed by atoms with Crippen LogP contribution >= 0.6 is 0 Å². The Kier molecular flexibility index (Phi) is 5.84. The van der Waals surface area contributed by atoms with Crippen molar-refractivity contribution in [2.24, 2.45) is 5.92 Å². The lowest BCUT2D eigenvalue weighted by Gasteiger charge is -2.23. The van der Waals surface area contributed by atoms with Crippen molar-refractivity contribution in [1.29, 1.82) is 0 Å². The predicted molar refractivity (Wildman–Crippen MR) is 86.4 cm³/mol. The lowest BCUT2D eigenvalue weighted by molar-refractivity contribution is -0.151. The highest BCUT2D eigenvalue weighted by molar-refractivity contribution is 5.77. The van der Waals surface area contributed by atoms with E-state index in [0.29, 0.717) is 5.92 Å². The van der Waals surface area contributed by atoms with E-state index in [4.69, 9.17) is 4.74 Å². The first kappa shape index (κ1) is 16.1. The Morgan fingerprint density at radius 2 is 1.71 bits per heavy atom. The van der Waals surface area contributed by atoms with Gasteiger partial charge in [-0.05, 0) is 56.1 Å². The summed E-state index contributed by atoms with van der Waals surface area (Å²) < 4.78 is 5.66. The summed E-state index contributed by atoms with van der Waals surface area (Å²) in [6.45, 7) is 6.39. The number of carbonyl (C=O) groups excluding carboxylic acids is 1. The number of benzene rings is 1. The SMILES string of the molecule is CC(C)Cc1ccc([C@@H](C)C(=O)OC2CCCCC2)cc1. The maximum Gasteiger partial charge on any atom is 0.313 e.